The van der Waals surface area contributed by atoms with E-state index < -0.39 is 10.0 Å². The molecule has 3 rings (SSSR count). The van der Waals surface area contributed by atoms with Crippen molar-refractivity contribution in [2.45, 2.75) is 6.54 Å². The van der Waals surface area contributed by atoms with E-state index in [1.54, 1.807) is 36.8 Å². The molecule has 2 aromatic carbocycles. The molecule has 0 aliphatic heterocycles. The Kier molecular flexibility index (Phi) is 8.28. The van der Waals surface area contributed by atoms with Crippen molar-refractivity contribution in [3.63, 3.8) is 0 Å². The zero-order valence-electron chi connectivity index (χ0n) is 18.2. The molecule has 0 aliphatic carbocycles. The number of aliphatic imine (C=N–C) groups is 1. The van der Waals surface area contributed by atoms with E-state index in [4.69, 9.17) is 5.73 Å². The molecule has 9 heteroatoms. The first-order chi connectivity index (χ1) is 15.9. The molecule has 0 saturated heterocycles. The van der Waals surface area contributed by atoms with E-state index in [0.29, 0.717) is 23.5 Å². The average Bonchev–Trinajstić information content (AvgIpc) is 2.83. The van der Waals surface area contributed by atoms with E-state index in [0.717, 1.165) is 16.7 Å². The van der Waals surface area contributed by atoms with E-state index in [9.17, 15) is 12.8 Å². The predicted octanol–water partition coefficient (Wildman–Crippen LogP) is 3.91. The maximum atomic E-state index is 13.3. The molecule has 176 valence electrons. The summed E-state index contributed by atoms with van der Waals surface area (Å²) in [5, 5.41) is 3.14. The fourth-order valence-corrected chi connectivity index (χ4v) is 3.63. The van der Waals surface area contributed by atoms with Crippen LogP contribution in [0.3, 0.4) is 0 Å². The van der Waals surface area contributed by atoms with Gasteiger partial charge in [-0.05, 0) is 60.1 Å². The second kappa shape index (κ2) is 11.3. The SMILES string of the molecule is CNS(=O)(=O)CCNc1ccc(-c2ccc(F)cc2)cc1/C(N)=C/C=NCc1cccnc1.[HH].[HH]. The number of rotatable bonds is 10. The van der Waals surface area contributed by atoms with Crippen LogP contribution in [0.1, 0.15) is 14.0 Å². The minimum atomic E-state index is -3.34. The average molecular weight is 472 g/mol. The number of pyridine rings is 1. The molecular formula is C24H30FN5O2S. The number of anilines is 1. The van der Waals surface area contributed by atoms with Gasteiger partial charge in [0, 0.05) is 45.0 Å². The number of allylic oxidation sites excluding steroid dienone is 1. The fraction of sp³-hybridized carbons (Fsp3) is 0.167. The minimum absolute atomic E-state index is 0. The van der Waals surface area contributed by atoms with Gasteiger partial charge < -0.3 is 11.1 Å². The molecule has 7 nitrogen and oxygen atoms in total. The van der Waals surface area contributed by atoms with Gasteiger partial charge in [-0.3, -0.25) is 9.98 Å². The van der Waals surface area contributed by atoms with Gasteiger partial charge in [0.2, 0.25) is 10.0 Å². The summed E-state index contributed by atoms with van der Waals surface area (Å²) in [6, 6.07) is 15.5. The molecule has 33 heavy (non-hydrogen) atoms. The molecule has 3 aromatic rings. The molecular weight excluding hydrogens is 441 g/mol. The highest BCUT2D eigenvalue weighted by Gasteiger charge is 2.11. The molecule has 0 amide bonds. The molecule has 0 aliphatic rings. The Bertz CT molecular complexity index is 1240. The van der Waals surface area contributed by atoms with Crippen molar-refractivity contribution < 1.29 is 15.7 Å². The molecule has 0 unspecified atom stereocenters. The normalized spacial score (nSPS) is 12.2. The van der Waals surface area contributed by atoms with Gasteiger partial charge in [-0.1, -0.05) is 24.3 Å². The fourth-order valence-electron chi connectivity index (χ4n) is 3.05. The maximum absolute atomic E-state index is 13.3. The highest BCUT2D eigenvalue weighted by Crippen LogP contribution is 2.28. The molecule has 0 radical (unpaired) electrons. The largest absolute Gasteiger partial charge is 0.398 e. The summed E-state index contributed by atoms with van der Waals surface area (Å²) in [5.74, 6) is -0.397. The Morgan fingerprint density at radius 2 is 1.94 bits per heavy atom. The number of hydrogen-bond acceptors (Lipinski definition) is 6. The van der Waals surface area contributed by atoms with Crippen LogP contribution in [0.15, 0.2) is 78.1 Å². The highest BCUT2D eigenvalue weighted by molar-refractivity contribution is 7.89. The Labute approximate surface area is 196 Å². The number of aromatic nitrogens is 1. The Balaban J connectivity index is 0.00000306. The summed E-state index contributed by atoms with van der Waals surface area (Å²) in [6.07, 6.45) is 6.77. The van der Waals surface area contributed by atoms with E-state index in [1.165, 1.54) is 19.2 Å². The van der Waals surface area contributed by atoms with Crippen molar-refractivity contribution in [3.05, 3.63) is 90.0 Å². The lowest BCUT2D eigenvalue weighted by Gasteiger charge is -2.14. The monoisotopic (exact) mass is 471 g/mol. The third kappa shape index (κ3) is 7.23. The van der Waals surface area contributed by atoms with Crippen LogP contribution in [0.5, 0.6) is 0 Å². The van der Waals surface area contributed by atoms with Crippen LogP contribution < -0.4 is 15.8 Å². The smallest absolute Gasteiger partial charge is 0.213 e. The summed E-state index contributed by atoms with van der Waals surface area (Å²) in [4.78, 5) is 8.42. The lowest BCUT2D eigenvalue weighted by molar-refractivity contribution is 0.588. The first-order valence-corrected chi connectivity index (χ1v) is 11.9. The number of nitrogens with one attached hydrogen (secondary N) is 2. The van der Waals surface area contributed by atoms with Crippen LogP contribution in [0.2, 0.25) is 0 Å². The first-order valence-electron chi connectivity index (χ1n) is 10.3. The van der Waals surface area contributed by atoms with Gasteiger partial charge >= 0.3 is 0 Å². The molecule has 4 N–H and O–H groups in total. The van der Waals surface area contributed by atoms with Crippen molar-refractivity contribution in [2.75, 3.05) is 24.7 Å². The minimum Gasteiger partial charge on any atom is -0.398 e. The van der Waals surface area contributed by atoms with Crippen LogP contribution >= 0.6 is 0 Å². The second-order valence-electron chi connectivity index (χ2n) is 7.19. The van der Waals surface area contributed by atoms with Crippen molar-refractivity contribution in [1.82, 2.24) is 9.71 Å². The predicted molar refractivity (Wildman–Crippen MR) is 136 cm³/mol. The lowest BCUT2D eigenvalue weighted by Crippen LogP contribution is -2.26. The number of sulfonamides is 1. The number of halogens is 1. The molecule has 1 aromatic heterocycles. The van der Waals surface area contributed by atoms with Crippen LogP contribution in [0.4, 0.5) is 10.1 Å². The zero-order chi connectivity index (χ0) is 23.7. The van der Waals surface area contributed by atoms with Crippen LogP contribution in [0, 0.1) is 5.82 Å². The van der Waals surface area contributed by atoms with Gasteiger partial charge in [-0.2, -0.15) is 0 Å². The van der Waals surface area contributed by atoms with Crippen LogP contribution in [0.25, 0.3) is 16.8 Å². The lowest BCUT2D eigenvalue weighted by atomic mass is 10.00. The van der Waals surface area contributed by atoms with Crippen molar-refractivity contribution in [2.24, 2.45) is 10.7 Å². The van der Waals surface area contributed by atoms with Crippen LogP contribution in [-0.2, 0) is 16.6 Å². The highest BCUT2D eigenvalue weighted by atomic mass is 32.2. The van der Waals surface area contributed by atoms with Crippen molar-refractivity contribution in [1.29, 1.82) is 0 Å². The number of nitrogens with zero attached hydrogens (tertiary/aromatic N) is 2. The standard InChI is InChI=1S/C24H26FN5O2S.2H2/c1-27-33(31,32)14-13-30-24-9-6-20(19-4-7-21(25)8-5-19)15-22(24)23(26)10-12-29-17-18-3-2-11-28-16-18;;/h2-12,15-16,27,30H,13-14,17,26H2,1H3;2*1H/b23-10-,29-12?;;. The second-order valence-corrected chi connectivity index (χ2v) is 9.24. The topological polar surface area (TPSA) is 109 Å². The first kappa shape index (κ1) is 24.1. The van der Waals surface area contributed by atoms with Gasteiger partial charge in [-0.15, -0.1) is 0 Å². The summed E-state index contributed by atoms with van der Waals surface area (Å²) < 4.78 is 39.1. The van der Waals surface area contributed by atoms with Crippen molar-refractivity contribution in [3.8, 4) is 11.1 Å². The van der Waals surface area contributed by atoms with E-state index >= 15 is 0 Å². The van der Waals surface area contributed by atoms with E-state index in [2.05, 4.69) is 20.0 Å². The molecule has 0 saturated carbocycles. The molecule has 1 heterocycles. The summed E-state index contributed by atoms with van der Waals surface area (Å²) in [6.45, 7) is 0.675. The number of benzene rings is 2. The van der Waals surface area contributed by atoms with Gasteiger partial charge in [0.15, 0.2) is 0 Å². The van der Waals surface area contributed by atoms with Gasteiger partial charge in [0.25, 0.3) is 0 Å². The van der Waals surface area contributed by atoms with E-state index in [-0.39, 0.29) is 21.0 Å². The molecule has 0 atom stereocenters. The molecule has 0 bridgehead atoms. The van der Waals surface area contributed by atoms with Gasteiger partial charge in [0.1, 0.15) is 5.82 Å². The van der Waals surface area contributed by atoms with Crippen molar-refractivity contribution >= 4 is 27.6 Å². The maximum Gasteiger partial charge on any atom is 0.213 e. The Hall–Kier alpha value is -3.56. The number of hydrogen-bond donors (Lipinski definition) is 3. The van der Waals surface area contributed by atoms with Gasteiger partial charge in [-0.25, -0.2) is 17.5 Å². The summed E-state index contributed by atoms with van der Waals surface area (Å²) >= 11 is 0. The Morgan fingerprint density at radius 1 is 1.18 bits per heavy atom. The van der Waals surface area contributed by atoms with E-state index in [1.807, 2.05) is 30.3 Å². The van der Waals surface area contributed by atoms with Gasteiger partial charge in [0.05, 0.1) is 12.3 Å². The molecule has 0 fully saturated rings. The molecule has 0 spiro atoms. The quantitative estimate of drug-likeness (QED) is 0.389. The third-order valence-electron chi connectivity index (χ3n) is 4.86. The Morgan fingerprint density at radius 3 is 2.64 bits per heavy atom. The zero-order valence-corrected chi connectivity index (χ0v) is 19.0. The third-order valence-corrected chi connectivity index (χ3v) is 6.23. The van der Waals surface area contributed by atoms with Crippen LogP contribution in [-0.4, -0.2) is 39.0 Å². The summed E-state index contributed by atoms with van der Waals surface area (Å²) in [5.41, 5.74) is 10.8. The summed E-state index contributed by atoms with van der Waals surface area (Å²) in [7, 11) is -1.96. The number of nitrogens with two attached hydrogens (primary N) is 1.